The highest BCUT2D eigenvalue weighted by atomic mass is 35.5. The summed E-state index contributed by atoms with van der Waals surface area (Å²) in [7, 11) is 0. The van der Waals surface area contributed by atoms with Crippen LogP contribution >= 0.6 is 22.9 Å². The number of benzene rings is 1. The zero-order valence-corrected chi connectivity index (χ0v) is 9.20. The largest absolute Gasteiger partial charge is 0.452 e. The van der Waals surface area contributed by atoms with Gasteiger partial charge >= 0.3 is 0 Å². The summed E-state index contributed by atoms with van der Waals surface area (Å²) >= 11 is 7.20. The van der Waals surface area contributed by atoms with Crippen LogP contribution in [0.15, 0.2) is 47.5 Å². The molecule has 2 heterocycles. The van der Waals surface area contributed by atoms with Gasteiger partial charge in [0.1, 0.15) is 6.26 Å². The fourth-order valence-corrected chi connectivity index (χ4v) is 2.05. The minimum atomic E-state index is 0.612. The lowest BCUT2D eigenvalue weighted by atomic mass is 10.3. The Labute approximate surface area is 95.4 Å². The Balaban J connectivity index is 0.000000144. The van der Waals surface area contributed by atoms with E-state index in [2.05, 4.69) is 14.4 Å². The first-order valence-electron chi connectivity index (χ1n) is 4.19. The van der Waals surface area contributed by atoms with Crippen LogP contribution in [0.4, 0.5) is 0 Å². The van der Waals surface area contributed by atoms with Gasteiger partial charge in [0.2, 0.25) is 0 Å². The van der Waals surface area contributed by atoms with Crippen LogP contribution in [0.1, 0.15) is 0 Å². The molecule has 2 aromatic heterocycles. The third-order valence-corrected chi connectivity index (χ3v) is 2.76. The van der Waals surface area contributed by atoms with Gasteiger partial charge in [0.25, 0.3) is 0 Å². The molecule has 3 rings (SSSR count). The first-order valence-corrected chi connectivity index (χ1v) is 5.39. The highest BCUT2D eigenvalue weighted by Gasteiger charge is 1.97. The molecule has 0 N–H and O–H groups in total. The molecule has 0 amide bonds. The normalized spacial score (nSPS) is 9.67. The van der Waals surface area contributed by atoms with Gasteiger partial charge in [-0.05, 0) is 12.1 Å². The molecule has 1 aromatic carbocycles. The smallest absolute Gasteiger partial charge is 0.184 e. The molecule has 3 nitrogen and oxygen atoms in total. The van der Waals surface area contributed by atoms with Crippen LogP contribution < -0.4 is 0 Å². The highest BCUT2D eigenvalue weighted by Crippen LogP contribution is 2.24. The van der Waals surface area contributed by atoms with Gasteiger partial charge in [-0.2, -0.15) is 0 Å². The molecule has 0 spiro atoms. The Morgan fingerprint density at radius 3 is 2.73 bits per heavy atom. The number of aromatic nitrogens is 2. The second kappa shape index (κ2) is 4.91. The fourth-order valence-electron chi connectivity index (χ4n) is 1.02. The second-order valence-corrected chi connectivity index (χ2v) is 4.22. The van der Waals surface area contributed by atoms with Crippen molar-refractivity contribution in [1.82, 2.24) is 9.97 Å². The highest BCUT2D eigenvalue weighted by molar-refractivity contribution is 7.22. The Hall–Kier alpha value is -1.39. The standard InChI is InChI=1S/C7H4ClNS.C3H3NO/c8-7-9-5-3-1-2-4-6(5)10-7;1-2-5-3-4-1/h1-4H;1-3H. The van der Waals surface area contributed by atoms with Crippen LogP contribution in [0, 0.1) is 0 Å². The predicted molar refractivity (Wildman–Crippen MR) is 61.1 cm³/mol. The molecule has 5 heteroatoms. The third-order valence-electron chi connectivity index (χ3n) is 1.61. The number of hydrogen-bond donors (Lipinski definition) is 0. The van der Waals surface area contributed by atoms with E-state index in [1.165, 1.54) is 24.0 Å². The molecule has 0 aliphatic heterocycles. The molecular weight excluding hydrogens is 232 g/mol. The van der Waals surface area contributed by atoms with E-state index >= 15 is 0 Å². The number of halogens is 1. The third kappa shape index (κ3) is 2.78. The maximum absolute atomic E-state index is 5.69. The average molecular weight is 239 g/mol. The lowest BCUT2D eigenvalue weighted by Gasteiger charge is -1.80. The van der Waals surface area contributed by atoms with Gasteiger partial charge in [0, 0.05) is 0 Å². The van der Waals surface area contributed by atoms with Crippen molar-refractivity contribution in [2.45, 2.75) is 0 Å². The van der Waals surface area contributed by atoms with Crippen molar-refractivity contribution in [2.75, 3.05) is 0 Å². The molecule has 0 aliphatic carbocycles. The van der Waals surface area contributed by atoms with Crippen molar-refractivity contribution in [3.05, 3.63) is 47.6 Å². The molecule has 0 fully saturated rings. The molecule has 0 saturated heterocycles. The van der Waals surface area contributed by atoms with Gasteiger partial charge in [0.05, 0.1) is 16.4 Å². The van der Waals surface area contributed by atoms with E-state index in [-0.39, 0.29) is 0 Å². The zero-order chi connectivity index (χ0) is 10.5. The van der Waals surface area contributed by atoms with Gasteiger partial charge in [-0.1, -0.05) is 23.7 Å². The minimum absolute atomic E-state index is 0.612. The van der Waals surface area contributed by atoms with Crippen LogP contribution in [0.3, 0.4) is 0 Å². The summed E-state index contributed by atoms with van der Waals surface area (Å²) in [6.07, 6.45) is 4.47. The predicted octanol–water partition coefficient (Wildman–Crippen LogP) is 3.62. The van der Waals surface area contributed by atoms with Crippen LogP contribution in [0.2, 0.25) is 4.47 Å². The Morgan fingerprint density at radius 1 is 1.27 bits per heavy atom. The maximum Gasteiger partial charge on any atom is 0.184 e. The van der Waals surface area contributed by atoms with Crippen molar-refractivity contribution >= 4 is 33.2 Å². The van der Waals surface area contributed by atoms with E-state index in [1.807, 2.05) is 24.3 Å². The summed E-state index contributed by atoms with van der Waals surface area (Å²) in [5.74, 6) is 0. The topological polar surface area (TPSA) is 38.9 Å². The number of nitrogens with zero attached hydrogens (tertiary/aromatic N) is 2. The van der Waals surface area contributed by atoms with E-state index in [0.717, 1.165) is 10.2 Å². The van der Waals surface area contributed by atoms with Crippen molar-refractivity contribution in [3.8, 4) is 0 Å². The summed E-state index contributed by atoms with van der Waals surface area (Å²) in [5, 5.41) is 0. The zero-order valence-electron chi connectivity index (χ0n) is 7.63. The number of rotatable bonds is 0. The van der Waals surface area contributed by atoms with E-state index in [0.29, 0.717) is 4.47 Å². The van der Waals surface area contributed by atoms with E-state index in [1.54, 1.807) is 6.20 Å². The molecule has 15 heavy (non-hydrogen) atoms. The number of oxazole rings is 1. The van der Waals surface area contributed by atoms with Gasteiger partial charge in [-0.25, -0.2) is 9.97 Å². The molecule has 0 aliphatic rings. The summed E-state index contributed by atoms with van der Waals surface area (Å²) in [6.45, 7) is 0. The first-order chi connectivity index (χ1) is 7.36. The summed E-state index contributed by atoms with van der Waals surface area (Å²) in [5.41, 5.74) is 0.984. The van der Waals surface area contributed by atoms with Crippen LogP contribution in [-0.2, 0) is 0 Å². The van der Waals surface area contributed by atoms with E-state index in [4.69, 9.17) is 11.6 Å². The van der Waals surface area contributed by atoms with Gasteiger partial charge in [-0.3, -0.25) is 0 Å². The molecule has 0 radical (unpaired) electrons. The quantitative estimate of drug-likeness (QED) is 0.600. The van der Waals surface area contributed by atoms with Crippen molar-refractivity contribution in [2.24, 2.45) is 0 Å². The van der Waals surface area contributed by atoms with Crippen LogP contribution in [0.25, 0.3) is 10.2 Å². The molecule has 3 aromatic rings. The van der Waals surface area contributed by atoms with Crippen molar-refractivity contribution in [1.29, 1.82) is 0 Å². The number of fused-ring (bicyclic) bond motifs is 1. The molecule has 0 unspecified atom stereocenters. The summed E-state index contributed by atoms with van der Waals surface area (Å²) in [6, 6.07) is 7.91. The Morgan fingerprint density at radius 2 is 2.13 bits per heavy atom. The van der Waals surface area contributed by atoms with E-state index < -0.39 is 0 Å². The second-order valence-electron chi connectivity index (χ2n) is 2.61. The Kier molecular flexibility index (Phi) is 3.32. The SMILES string of the molecule is Clc1nc2ccccc2s1.c1cocn1. The number of para-hydroxylation sites is 1. The number of hydrogen-bond acceptors (Lipinski definition) is 4. The first kappa shape index (κ1) is 10.1. The van der Waals surface area contributed by atoms with Crippen LogP contribution in [-0.4, -0.2) is 9.97 Å². The lowest BCUT2D eigenvalue weighted by Crippen LogP contribution is -1.62. The van der Waals surface area contributed by atoms with Gasteiger partial charge in [-0.15, -0.1) is 11.3 Å². The summed E-state index contributed by atoms with van der Waals surface area (Å²) < 4.78 is 6.23. The Bertz CT molecular complexity index is 471. The van der Waals surface area contributed by atoms with E-state index in [9.17, 15) is 0 Å². The van der Waals surface area contributed by atoms with Gasteiger partial charge in [0.15, 0.2) is 10.9 Å². The molecule has 0 atom stereocenters. The fraction of sp³-hybridized carbons (Fsp3) is 0. The number of thiazole rings is 1. The lowest BCUT2D eigenvalue weighted by molar-refractivity contribution is 0.558. The molecule has 0 bridgehead atoms. The monoisotopic (exact) mass is 238 g/mol. The van der Waals surface area contributed by atoms with Crippen molar-refractivity contribution in [3.63, 3.8) is 0 Å². The molecule has 76 valence electrons. The van der Waals surface area contributed by atoms with Crippen molar-refractivity contribution < 1.29 is 4.42 Å². The summed E-state index contributed by atoms with van der Waals surface area (Å²) in [4.78, 5) is 7.65. The minimum Gasteiger partial charge on any atom is -0.452 e. The molecule has 0 saturated carbocycles. The maximum atomic E-state index is 5.69. The average Bonchev–Trinajstić information content (AvgIpc) is 2.87. The molecular formula is C10H7ClN2OS. The van der Waals surface area contributed by atoms with Gasteiger partial charge < -0.3 is 4.42 Å². The van der Waals surface area contributed by atoms with Crippen LogP contribution in [0.5, 0.6) is 0 Å².